The fraction of sp³-hybridized carbons (Fsp3) is 0.588. The fourth-order valence-electron chi connectivity index (χ4n) is 2.52. The average Bonchev–Trinajstić information content (AvgIpc) is 2.59. The lowest BCUT2D eigenvalue weighted by Gasteiger charge is -2.25. The number of aliphatic imine (C=N–C) groups is 1. The molecule has 0 atom stereocenters. The predicted octanol–water partition coefficient (Wildman–Crippen LogP) is 2.02. The first-order valence-electron chi connectivity index (χ1n) is 8.45. The minimum Gasteiger partial charge on any atom is -0.379 e. The summed E-state index contributed by atoms with van der Waals surface area (Å²) in [6.45, 7) is 8.70. The first-order valence-corrected chi connectivity index (χ1v) is 9.24. The van der Waals surface area contributed by atoms with Gasteiger partial charge in [-0.25, -0.2) is 4.39 Å². The molecule has 1 aliphatic rings. The zero-order valence-corrected chi connectivity index (χ0v) is 15.7. The zero-order chi connectivity index (χ0) is 17.2. The molecule has 134 valence electrons. The highest BCUT2D eigenvalue weighted by Gasteiger charge is 2.09. The lowest BCUT2D eigenvalue weighted by atomic mass is 10.1. The van der Waals surface area contributed by atoms with E-state index in [2.05, 4.69) is 36.5 Å². The summed E-state index contributed by atoms with van der Waals surface area (Å²) in [7, 11) is 0. The van der Waals surface area contributed by atoms with E-state index in [4.69, 9.17) is 4.74 Å². The van der Waals surface area contributed by atoms with Gasteiger partial charge in [-0.15, -0.1) is 0 Å². The molecule has 0 unspecified atom stereocenters. The van der Waals surface area contributed by atoms with Crippen molar-refractivity contribution in [3.05, 3.63) is 34.1 Å². The molecular formula is C17H26BrFN4O. The van der Waals surface area contributed by atoms with E-state index in [1.54, 1.807) is 6.07 Å². The van der Waals surface area contributed by atoms with E-state index in [9.17, 15) is 4.39 Å². The minimum absolute atomic E-state index is 0.172. The molecule has 0 radical (unpaired) electrons. The Labute approximate surface area is 151 Å². The summed E-state index contributed by atoms with van der Waals surface area (Å²) in [5.74, 6) is 0.607. The van der Waals surface area contributed by atoms with Crippen molar-refractivity contribution in [1.29, 1.82) is 0 Å². The highest BCUT2D eigenvalue weighted by Crippen LogP contribution is 2.15. The van der Waals surface area contributed by atoms with E-state index >= 15 is 0 Å². The number of morpholine rings is 1. The van der Waals surface area contributed by atoms with Crippen molar-refractivity contribution < 1.29 is 9.13 Å². The largest absolute Gasteiger partial charge is 0.379 e. The fourth-order valence-corrected chi connectivity index (χ4v) is 2.93. The number of ether oxygens (including phenoxy) is 1. The molecule has 0 amide bonds. The van der Waals surface area contributed by atoms with Crippen LogP contribution in [-0.4, -0.2) is 63.3 Å². The summed E-state index contributed by atoms with van der Waals surface area (Å²) in [4.78, 5) is 6.94. The Bertz CT molecular complexity index is 535. The highest BCUT2D eigenvalue weighted by molar-refractivity contribution is 9.10. The summed E-state index contributed by atoms with van der Waals surface area (Å²) in [6.07, 6.45) is 0.610. The van der Waals surface area contributed by atoms with Gasteiger partial charge in [-0.1, -0.05) is 15.9 Å². The van der Waals surface area contributed by atoms with Crippen molar-refractivity contribution in [2.45, 2.75) is 13.3 Å². The first kappa shape index (κ1) is 19.1. The molecule has 2 rings (SSSR count). The maximum Gasteiger partial charge on any atom is 0.191 e. The van der Waals surface area contributed by atoms with Crippen LogP contribution in [0.4, 0.5) is 4.39 Å². The Hall–Kier alpha value is -1.18. The average molecular weight is 401 g/mol. The van der Waals surface area contributed by atoms with Crippen LogP contribution in [0.1, 0.15) is 12.5 Å². The van der Waals surface area contributed by atoms with Crippen LogP contribution in [0.25, 0.3) is 0 Å². The minimum atomic E-state index is -0.172. The van der Waals surface area contributed by atoms with Crippen LogP contribution >= 0.6 is 15.9 Å². The van der Waals surface area contributed by atoms with Crippen molar-refractivity contribution >= 4 is 21.9 Å². The second-order valence-corrected chi connectivity index (χ2v) is 6.54. The van der Waals surface area contributed by atoms with E-state index < -0.39 is 0 Å². The second kappa shape index (κ2) is 10.6. The van der Waals surface area contributed by atoms with E-state index in [0.29, 0.717) is 18.5 Å². The van der Waals surface area contributed by atoms with Gasteiger partial charge in [0.1, 0.15) is 5.82 Å². The molecule has 2 N–H and O–H groups in total. The third kappa shape index (κ3) is 6.75. The summed E-state index contributed by atoms with van der Waals surface area (Å²) in [5.41, 5.74) is 0.695. The van der Waals surface area contributed by atoms with Crippen molar-refractivity contribution in [1.82, 2.24) is 15.5 Å². The Morgan fingerprint density at radius 1 is 1.33 bits per heavy atom. The zero-order valence-electron chi connectivity index (χ0n) is 14.2. The number of rotatable bonds is 7. The second-order valence-electron chi connectivity index (χ2n) is 5.63. The lowest BCUT2D eigenvalue weighted by Crippen LogP contribution is -2.40. The van der Waals surface area contributed by atoms with Gasteiger partial charge in [-0.05, 0) is 37.1 Å². The van der Waals surface area contributed by atoms with Crippen molar-refractivity contribution in [2.24, 2.45) is 4.99 Å². The number of nitrogens with zero attached hydrogens (tertiary/aromatic N) is 2. The number of hydrogen-bond donors (Lipinski definition) is 2. The van der Waals surface area contributed by atoms with Crippen molar-refractivity contribution in [3.8, 4) is 0 Å². The molecule has 0 spiro atoms. The van der Waals surface area contributed by atoms with E-state index in [1.165, 1.54) is 6.07 Å². The summed E-state index contributed by atoms with van der Waals surface area (Å²) >= 11 is 3.38. The third-order valence-electron chi connectivity index (χ3n) is 3.83. The predicted molar refractivity (Wildman–Crippen MR) is 99.0 cm³/mol. The quantitative estimate of drug-likeness (QED) is 0.542. The molecule has 1 aliphatic heterocycles. The number of benzene rings is 1. The molecule has 0 aliphatic carbocycles. The molecule has 0 bridgehead atoms. The van der Waals surface area contributed by atoms with Gasteiger partial charge in [0.2, 0.25) is 0 Å². The molecule has 5 nitrogen and oxygen atoms in total. The molecule has 0 saturated carbocycles. The number of guanidine groups is 1. The number of hydrogen-bond acceptors (Lipinski definition) is 3. The maximum atomic E-state index is 13.7. The molecule has 1 aromatic carbocycles. The van der Waals surface area contributed by atoms with Crippen LogP contribution in [-0.2, 0) is 11.2 Å². The lowest BCUT2D eigenvalue weighted by molar-refractivity contribution is 0.0394. The van der Waals surface area contributed by atoms with Gasteiger partial charge in [0.25, 0.3) is 0 Å². The first-order chi connectivity index (χ1) is 11.7. The van der Waals surface area contributed by atoms with Crippen molar-refractivity contribution in [2.75, 3.05) is 52.5 Å². The molecule has 24 heavy (non-hydrogen) atoms. The Morgan fingerprint density at radius 2 is 2.12 bits per heavy atom. The van der Waals surface area contributed by atoms with Crippen LogP contribution in [0.5, 0.6) is 0 Å². The van der Waals surface area contributed by atoms with Gasteiger partial charge in [0.15, 0.2) is 5.96 Å². The number of nitrogens with one attached hydrogen (secondary N) is 2. The molecule has 7 heteroatoms. The summed E-state index contributed by atoms with van der Waals surface area (Å²) in [6, 6.07) is 5.02. The monoisotopic (exact) mass is 400 g/mol. The smallest absolute Gasteiger partial charge is 0.191 e. The maximum absolute atomic E-state index is 13.7. The van der Waals surface area contributed by atoms with Crippen LogP contribution in [0.3, 0.4) is 0 Å². The molecule has 0 aromatic heterocycles. The molecule has 1 fully saturated rings. The van der Waals surface area contributed by atoms with Gasteiger partial charge < -0.3 is 15.4 Å². The van der Waals surface area contributed by atoms with Gasteiger partial charge in [0.05, 0.1) is 19.8 Å². The Balaban J connectivity index is 1.77. The van der Waals surface area contributed by atoms with E-state index in [1.807, 2.05) is 13.0 Å². The van der Waals surface area contributed by atoms with Crippen LogP contribution < -0.4 is 10.6 Å². The Morgan fingerprint density at radius 3 is 2.88 bits per heavy atom. The van der Waals surface area contributed by atoms with Crippen LogP contribution in [0.2, 0.25) is 0 Å². The van der Waals surface area contributed by atoms with Crippen LogP contribution in [0, 0.1) is 5.82 Å². The molecule has 1 saturated heterocycles. The van der Waals surface area contributed by atoms with E-state index in [0.717, 1.165) is 56.4 Å². The van der Waals surface area contributed by atoms with Crippen molar-refractivity contribution in [3.63, 3.8) is 0 Å². The van der Waals surface area contributed by atoms with Gasteiger partial charge in [-0.3, -0.25) is 9.89 Å². The van der Waals surface area contributed by atoms with Gasteiger partial charge >= 0.3 is 0 Å². The van der Waals surface area contributed by atoms with Gasteiger partial charge in [-0.2, -0.15) is 0 Å². The van der Waals surface area contributed by atoms with E-state index in [-0.39, 0.29) is 5.82 Å². The topological polar surface area (TPSA) is 48.9 Å². The molecule has 1 aromatic rings. The Kier molecular flexibility index (Phi) is 8.49. The SMILES string of the molecule is CCNC(=NCCN1CCOCC1)NCCc1cc(Br)ccc1F. The normalized spacial score (nSPS) is 16.2. The summed E-state index contributed by atoms with van der Waals surface area (Å²) < 4.78 is 20.0. The third-order valence-corrected chi connectivity index (χ3v) is 4.32. The van der Waals surface area contributed by atoms with Crippen LogP contribution in [0.15, 0.2) is 27.7 Å². The van der Waals surface area contributed by atoms with Gasteiger partial charge in [0, 0.05) is 37.2 Å². The molecule has 1 heterocycles. The summed E-state index contributed by atoms with van der Waals surface area (Å²) in [5, 5.41) is 6.49. The number of halogens is 2. The highest BCUT2D eigenvalue weighted by atomic mass is 79.9. The standard InChI is InChI=1S/C17H26BrFN4O/c1-2-20-17(22-7-8-23-9-11-24-12-10-23)21-6-5-14-13-15(18)3-4-16(14)19/h3-4,13H,2,5-12H2,1H3,(H2,20,21,22). The molecular weight excluding hydrogens is 375 g/mol.